The van der Waals surface area contributed by atoms with Crippen LogP contribution in [0.4, 0.5) is 0 Å². The summed E-state index contributed by atoms with van der Waals surface area (Å²) in [7, 11) is 0. The van der Waals surface area contributed by atoms with Gasteiger partial charge in [0.25, 0.3) is 0 Å². The third-order valence-electron chi connectivity index (χ3n) is 3.91. The van der Waals surface area contributed by atoms with E-state index < -0.39 is 0 Å². The molecule has 2 aromatic rings. The Morgan fingerprint density at radius 2 is 1.84 bits per heavy atom. The number of carbonyl (C=O) groups excluding carboxylic acids is 1. The molecule has 1 atom stereocenters. The van der Waals surface area contributed by atoms with Crippen molar-refractivity contribution in [1.29, 1.82) is 0 Å². The first kappa shape index (κ1) is 17.9. The van der Waals surface area contributed by atoms with Crippen LogP contribution in [0.5, 0.6) is 0 Å². The molecule has 1 aliphatic heterocycles. The Morgan fingerprint density at radius 1 is 1.16 bits per heavy atom. The molecule has 0 radical (unpaired) electrons. The molecule has 0 amide bonds. The Hall–Kier alpha value is -1.93. The molecule has 0 unspecified atom stereocenters. The first-order chi connectivity index (χ1) is 12.0. The minimum absolute atomic E-state index is 0.236. The summed E-state index contributed by atoms with van der Waals surface area (Å²) in [6.07, 6.45) is 0. The number of hydrogen-bond acceptors (Lipinski definition) is 3. The van der Waals surface area contributed by atoms with E-state index in [4.69, 9.17) is 17.0 Å². The van der Waals surface area contributed by atoms with Gasteiger partial charge in [-0.3, -0.25) is 0 Å². The molecular formula is C19H17IN2O2S. The van der Waals surface area contributed by atoms with Crippen LogP contribution in [0.3, 0.4) is 0 Å². The van der Waals surface area contributed by atoms with E-state index in [9.17, 15) is 4.79 Å². The van der Waals surface area contributed by atoms with Crippen LogP contribution < -0.4 is 10.6 Å². The van der Waals surface area contributed by atoms with Gasteiger partial charge >= 0.3 is 5.97 Å². The van der Waals surface area contributed by atoms with Crippen molar-refractivity contribution in [1.82, 2.24) is 10.6 Å². The van der Waals surface area contributed by atoms with Gasteiger partial charge < -0.3 is 15.4 Å². The zero-order chi connectivity index (χ0) is 17.8. The third-order valence-corrected chi connectivity index (χ3v) is 4.84. The summed E-state index contributed by atoms with van der Waals surface area (Å²) < 4.78 is 6.66. The predicted octanol–water partition coefficient (Wildman–Crippen LogP) is 3.83. The second-order valence-electron chi connectivity index (χ2n) is 5.68. The van der Waals surface area contributed by atoms with Gasteiger partial charge in [0.15, 0.2) is 5.11 Å². The number of hydrogen-bond donors (Lipinski definition) is 2. The van der Waals surface area contributed by atoms with E-state index in [1.54, 1.807) is 0 Å². The van der Waals surface area contributed by atoms with Gasteiger partial charge in [-0.25, -0.2) is 4.79 Å². The summed E-state index contributed by atoms with van der Waals surface area (Å²) in [6.45, 7) is 2.08. The molecule has 3 rings (SSSR count). The van der Waals surface area contributed by atoms with Crippen molar-refractivity contribution in [2.75, 3.05) is 0 Å². The number of benzene rings is 2. The van der Waals surface area contributed by atoms with Crippen LogP contribution in [-0.4, -0.2) is 11.1 Å². The topological polar surface area (TPSA) is 50.4 Å². The maximum Gasteiger partial charge on any atom is 0.338 e. The monoisotopic (exact) mass is 464 g/mol. The standard InChI is InChI=1S/C19H17IN2O2S/c1-12-16(18(23)24-11-13-5-3-2-4-6-13)17(22-19(25)21-12)14-7-9-15(20)10-8-14/h2-10,17H,11H2,1H3,(H2,21,22,25)/t17-/m0/s1. The highest BCUT2D eigenvalue weighted by atomic mass is 127. The highest BCUT2D eigenvalue weighted by Gasteiger charge is 2.30. The van der Waals surface area contributed by atoms with Crippen LogP contribution in [0.15, 0.2) is 65.9 Å². The molecule has 6 heteroatoms. The molecular weight excluding hydrogens is 447 g/mol. The Labute approximate surface area is 165 Å². The van der Waals surface area contributed by atoms with E-state index in [1.165, 1.54) is 0 Å². The number of ether oxygens (including phenoxy) is 1. The molecule has 1 heterocycles. The first-order valence-corrected chi connectivity index (χ1v) is 9.28. The molecule has 2 aromatic carbocycles. The molecule has 0 bridgehead atoms. The van der Waals surface area contributed by atoms with Gasteiger partial charge in [0.05, 0.1) is 11.6 Å². The number of halogens is 1. The van der Waals surface area contributed by atoms with Crippen molar-refractivity contribution in [3.8, 4) is 0 Å². The van der Waals surface area contributed by atoms with Crippen molar-refractivity contribution in [3.63, 3.8) is 0 Å². The Kier molecular flexibility index (Phi) is 5.70. The summed E-state index contributed by atoms with van der Waals surface area (Å²) in [5, 5.41) is 6.69. The number of nitrogens with one attached hydrogen (secondary N) is 2. The zero-order valence-electron chi connectivity index (χ0n) is 13.6. The lowest BCUT2D eigenvalue weighted by Gasteiger charge is -2.30. The number of rotatable bonds is 4. The van der Waals surface area contributed by atoms with Crippen molar-refractivity contribution >= 4 is 45.9 Å². The lowest BCUT2D eigenvalue weighted by atomic mass is 9.96. The van der Waals surface area contributed by atoms with Crippen LogP contribution in [0.25, 0.3) is 0 Å². The molecule has 0 spiro atoms. The van der Waals surface area contributed by atoms with Gasteiger partial charge in [0.2, 0.25) is 0 Å². The minimum atomic E-state index is -0.354. The Bertz CT molecular complexity index is 819. The average Bonchev–Trinajstić information content (AvgIpc) is 2.60. The number of esters is 1. The van der Waals surface area contributed by atoms with Crippen LogP contribution >= 0.6 is 34.8 Å². The number of allylic oxidation sites excluding steroid dienone is 1. The van der Waals surface area contributed by atoms with E-state index in [2.05, 4.69) is 33.2 Å². The lowest BCUT2D eigenvalue weighted by molar-refractivity contribution is -0.140. The quantitative estimate of drug-likeness (QED) is 0.410. The van der Waals surface area contributed by atoms with Crippen molar-refractivity contribution in [2.24, 2.45) is 0 Å². The Morgan fingerprint density at radius 3 is 2.52 bits per heavy atom. The first-order valence-electron chi connectivity index (χ1n) is 7.79. The van der Waals surface area contributed by atoms with Crippen LogP contribution in [0.2, 0.25) is 0 Å². The molecule has 0 fully saturated rings. The second-order valence-corrected chi connectivity index (χ2v) is 7.34. The van der Waals surface area contributed by atoms with Gasteiger partial charge in [-0.15, -0.1) is 0 Å². The fourth-order valence-corrected chi connectivity index (χ4v) is 3.30. The maximum atomic E-state index is 12.7. The molecule has 2 N–H and O–H groups in total. The molecule has 0 saturated carbocycles. The van der Waals surface area contributed by atoms with E-state index in [0.717, 1.165) is 14.7 Å². The van der Waals surface area contributed by atoms with Gasteiger partial charge in [-0.1, -0.05) is 42.5 Å². The smallest absolute Gasteiger partial charge is 0.338 e. The van der Waals surface area contributed by atoms with Gasteiger partial charge in [0, 0.05) is 9.27 Å². The van der Waals surface area contributed by atoms with Crippen molar-refractivity contribution in [3.05, 3.63) is 80.6 Å². The number of thiocarbonyl (C=S) groups is 1. The van der Waals surface area contributed by atoms with Crippen LogP contribution in [0.1, 0.15) is 24.1 Å². The van der Waals surface area contributed by atoms with E-state index in [-0.39, 0.29) is 18.6 Å². The highest BCUT2D eigenvalue weighted by Crippen LogP contribution is 2.28. The highest BCUT2D eigenvalue weighted by molar-refractivity contribution is 14.1. The lowest BCUT2D eigenvalue weighted by Crippen LogP contribution is -2.45. The summed E-state index contributed by atoms with van der Waals surface area (Å²) >= 11 is 7.51. The van der Waals surface area contributed by atoms with Crippen molar-refractivity contribution < 1.29 is 9.53 Å². The maximum absolute atomic E-state index is 12.7. The zero-order valence-corrected chi connectivity index (χ0v) is 16.6. The minimum Gasteiger partial charge on any atom is -0.457 e. The second kappa shape index (κ2) is 7.97. The summed E-state index contributed by atoms with van der Waals surface area (Å²) in [4.78, 5) is 12.7. The molecule has 25 heavy (non-hydrogen) atoms. The third kappa shape index (κ3) is 4.38. The average molecular weight is 464 g/mol. The normalized spacial score (nSPS) is 16.9. The molecule has 4 nitrogen and oxygen atoms in total. The van der Waals surface area contributed by atoms with Gasteiger partial charge in [0.1, 0.15) is 6.61 Å². The molecule has 0 saturated heterocycles. The summed E-state index contributed by atoms with van der Waals surface area (Å²) in [6, 6.07) is 17.3. The summed E-state index contributed by atoms with van der Waals surface area (Å²) in [5.74, 6) is -0.354. The molecule has 128 valence electrons. The Balaban J connectivity index is 1.84. The predicted molar refractivity (Wildman–Crippen MR) is 110 cm³/mol. The fourth-order valence-electron chi connectivity index (χ4n) is 2.67. The SMILES string of the molecule is CC1=C(C(=O)OCc2ccccc2)[C@H](c2ccc(I)cc2)NC(=S)N1. The summed E-state index contributed by atoms with van der Waals surface area (Å²) in [5.41, 5.74) is 3.18. The largest absolute Gasteiger partial charge is 0.457 e. The van der Waals surface area contributed by atoms with Crippen LogP contribution in [0, 0.1) is 3.57 Å². The number of carbonyl (C=O) groups is 1. The molecule has 1 aliphatic rings. The molecule has 0 aromatic heterocycles. The van der Waals surface area contributed by atoms with Crippen LogP contribution in [-0.2, 0) is 16.1 Å². The van der Waals surface area contributed by atoms with Gasteiger partial charge in [-0.05, 0) is 65.0 Å². The fraction of sp³-hybridized carbons (Fsp3) is 0.158. The van der Waals surface area contributed by atoms with E-state index >= 15 is 0 Å². The van der Waals surface area contributed by atoms with E-state index in [1.807, 2.05) is 61.5 Å². The van der Waals surface area contributed by atoms with Crippen molar-refractivity contribution in [2.45, 2.75) is 19.6 Å². The van der Waals surface area contributed by atoms with Gasteiger partial charge in [-0.2, -0.15) is 0 Å². The molecule has 0 aliphatic carbocycles. The van der Waals surface area contributed by atoms with E-state index in [0.29, 0.717) is 16.4 Å².